The molecule has 0 fully saturated rings. The zero-order valence-electron chi connectivity index (χ0n) is 12.5. The molecule has 24 heavy (non-hydrogen) atoms. The number of carbonyl (C=O) groups excluding carboxylic acids is 1. The van der Waals surface area contributed by atoms with Gasteiger partial charge in [-0.2, -0.15) is 0 Å². The summed E-state index contributed by atoms with van der Waals surface area (Å²) < 4.78 is 7.06. The summed E-state index contributed by atoms with van der Waals surface area (Å²) in [5.74, 6) is 0.652. The quantitative estimate of drug-likeness (QED) is 0.540. The van der Waals surface area contributed by atoms with E-state index in [1.54, 1.807) is 4.40 Å². The number of carbonyl (C=O) groups is 1. The molecule has 1 aromatic carbocycles. The number of hydrogen-bond donors (Lipinski definition) is 1. The van der Waals surface area contributed by atoms with Crippen molar-refractivity contribution in [2.75, 3.05) is 6.61 Å². The van der Waals surface area contributed by atoms with Crippen molar-refractivity contribution in [3.63, 3.8) is 0 Å². The Kier molecular flexibility index (Phi) is 4.32. The first-order valence-electron chi connectivity index (χ1n) is 7.06. The maximum absolute atomic E-state index is 11.8. The summed E-state index contributed by atoms with van der Waals surface area (Å²) in [6, 6.07) is 11.0. The van der Waals surface area contributed by atoms with E-state index in [2.05, 4.69) is 15.5 Å². The highest BCUT2D eigenvalue weighted by atomic mass is 16.6. The van der Waals surface area contributed by atoms with Crippen LogP contribution in [0.4, 0.5) is 5.69 Å². The standard InChI is InChI=1S/C15H13N5O4/c21-15(10-24-12-6-4-11(5-7-12)20(22)23)16-9-14-18-17-13-3-1-2-8-19(13)14/h1-8H,9-10H2,(H,16,21). The maximum atomic E-state index is 11.8. The molecular weight excluding hydrogens is 314 g/mol. The Bertz CT molecular complexity index is 875. The molecule has 9 heteroatoms. The number of nitro groups is 1. The summed E-state index contributed by atoms with van der Waals surface area (Å²) in [7, 11) is 0. The van der Waals surface area contributed by atoms with Crippen molar-refractivity contribution in [2.24, 2.45) is 0 Å². The Balaban J connectivity index is 1.51. The molecule has 0 saturated heterocycles. The van der Waals surface area contributed by atoms with E-state index in [0.29, 0.717) is 17.2 Å². The molecule has 0 unspecified atom stereocenters. The van der Waals surface area contributed by atoms with E-state index in [9.17, 15) is 14.9 Å². The van der Waals surface area contributed by atoms with Crippen LogP contribution in [-0.2, 0) is 11.3 Å². The fourth-order valence-electron chi connectivity index (χ4n) is 2.05. The second kappa shape index (κ2) is 6.73. The van der Waals surface area contributed by atoms with Gasteiger partial charge in [-0.05, 0) is 24.3 Å². The number of nitrogens with one attached hydrogen (secondary N) is 1. The summed E-state index contributed by atoms with van der Waals surface area (Å²) in [4.78, 5) is 21.9. The van der Waals surface area contributed by atoms with E-state index in [1.807, 2.05) is 24.4 Å². The monoisotopic (exact) mass is 327 g/mol. The molecule has 0 bridgehead atoms. The molecule has 0 aliphatic rings. The van der Waals surface area contributed by atoms with Gasteiger partial charge in [-0.3, -0.25) is 19.3 Å². The minimum absolute atomic E-state index is 0.0366. The van der Waals surface area contributed by atoms with Crippen LogP contribution in [0.15, 0.2) is 48.7 Å². The average molecular weight is 327 g/mol. The van der Waals surface area contributed by atoms with Gasteiger partial charge >= 0.3 is 0 Å². The molecule has 1 amide bonds. The van der Waals surface area contributed by atoms with Crippen molar-refractivity contribution in [1.29, 1.82) is 0 Å². The van der Waals surface area contributed by atoms with Crippen molar-refractivity contribution < 1.29 is 14.5 Å². The van der Waals surface area contributed by atoms with Crippen molar-refractivity contribution in [3.05, 3.63) is 64.6 Å². The van der Waals surface area contributed by atoms with E-state index < -0.39 is 4.92 Å². The number of rotatable bonds is 6. The third-order valence-electron chi connectivity index (χ3n) is 3.25. The highest BCUT2D eigenvalue weighted by Gasteiger charge is 2.09. The molecule has 2 aromatic heterocycles. The predicted octanol–water partition coefficient (Wildman–Crippen LogP) is 1.33. The molecular formula is C15H13N5O4. The number of ether oxygens (including phenoxy) is 1. The molecule has 0 radical (unpaired) electrons. The third-order valence-corrected chi connectivity index (χ3v) is 3.25. The Hall–Kier alpha value is -3.49. The normalized spacial score (nSPS) is 10.5. The maximum Gasteiger partial charge on any atom is 0.269 e. The van der Waals surface area contributed by atoms with E-state index in [0.717, 1.165) is 0 Å². The van der Waals surface area contributed by atoms with Crippen molar-refractivity contribution >= 4 is 17.2 Å². The Morgan fingerprint density at radius 3 is 2.75 bits per heavy atom. The Morgan fingerprint density at radius 1 is 1.21 bits per heavy atom. The fraction of sp³-hybridized carbons (Fsp3) is 0.133. The lowest BCUT2D eigenvalue weighted by atomic mass is 10.3. The SMILES string of the molecule is O=C(COc1ccc([N+](=O)[O-])cc1)NCc1nnc2ccccn12. The van der Waals surface area contributed by atoms with Gasteiger partial charge < -0.3 is 10.1 Å². The number of non-ortho nitro benzene ring substituents is 1. The fourth-order valence-corrected chi connectivity index (χ4v) is 2.05. The Labute approximate surface area is 136 Å². The molecule has 3 rings (SSSR count). The average Bonchev–Trinajstić information content (AvgIpc) is 3.01. The summed E-state index contributed by atoms with van der Waals surface area (Å²) in [6.45, 7) is 0.0161. The molecule has 9 nitrogen and oxygen atoms in total. The van der Waals surface area contributed by atoms with E-state index in [1.165, 1.54) is 24.3 Å². The van der Waals surface area contributed by atoms with Gasteiger partial charge in [0, 0.05) is 18.3 Å². The van der Waals surface area contributed by atoms with Gasteiger partial charge in [0.15, 0.2) is 18.1 Å². The van der Waals surface area contributed by atoms with Crippen LogP contribution in [0, 0.1) is 10.1 Å². The minimum Gasteiger partial charge on any atom is -0.484 e. The van der Waals surface area contributed by atoms with E-state index >= 15 is 0 Å². The first kappa shape index (κ1) is 15.4. The van der Waals surface area contributed by atoms with Crippen LogP contribution in [0.25, 0.3) is 5.65 Å². The summed E-state index contributed by atoms with van der Waals surface area (Å²) in [5, 5.41) is 21.2. The first-order chi connectivity index (χ1) is 11.6. The number of amides is 1. The number of aromatic nitrogens is 3. The molecule has 0 spiro atoms. The predicted molar refractivity (Wildman–Crippen MR) is 83.4 cm³/mol. The van der Waals surface area contributed by atoms with Gasteiger partial charge in [0.25, 0.3) is 11.6 Å². The zero-order valence-corrected chi connectivity index (χ0v) is 12.5. The van der Waals surface area contributed by atoms with Gasteiger partial charge in [0.2, 0.25) is 0 Å². The molecule has 1 N–H and O–H groups in total. The topological polar surface area (TPSA) is 112 Å². The zero-order chi connectivity index (χ0) is 16.9. The highest BCUT2D eigenvalue weighted by Crippen LogP contribution is 2.17. The first-order valence-corrected chi connectivity index (χ1v) is 7.06. The molecule has 0 aliphatic heterocycles. The van der Waals surface area contributed by atoms with E-state index in [-0.39, 0.29) is 24.7 Å². The van der Waals surface area contributed by atoms with Gasteiger partial charge in [0.05, 0.1) is 11.5 Å². The number of benzene rings is 1. The smallest absolute Gasteiger partial charge is 0.269 e. The van der Waals surface area contributed by atoms with Crippen LogP contribution >= 0.6 is 0 Å². The number of nitro benzene ring substituents is 1. The summed E-state index contributed by atoms with van der Waals surface area (Å²) >= 11 is 0. The van der Waals surface area contributed by atoms with Gasteiger partial charge in [-0.1, -0.05) is 6.07 Å². The highest BCUT2D eigenvalue weighted by molar-refractivity contribution is 5.77. The molecule has 122 valence electrons. The van der Waals surface area contributed by atoms with Crippen LogP contribution in [0.3, 0.4) is 0 Å². The van der Waals surface area contributed by atoms with Gasteiger partial charge in [-0.15, -0.1) is 10.2 Å². The van der Waals surface area contributed by atoms with Crippen LogP contribution in [-0.4, -0.2) is 32.0 Å². The van der Waals surface area contributed by atoms with Gasteiger partial charge in [0.1, 0.15) is 5.75 Å². The lowest BCUT2D eigenvalue weighted by Crippen LogP contribution is -2.29. The van der Waals surface area contributed by atoms with E-state index in [4.69, 9.17) is 4.74 Å². The molecule has 0 atom stereocenters. The number of nitrogens with zero attached hydrogens (tertiary/aromatic N) is 4. The number of pyridine rings is 1. The van der Waals surface area contributed by atoms with Crippen LogP contribution in [0.1, 0.15) is 5.82 Å². The molecule has 2 heterocycles. The second-order valence-corrected chi connectivity index (χ2v) is 4.86. The summed E-state index contributed by atoms with van der Waals surface area (Å²) in [6.07, 6.45) is 1.81. The minimum atomic E-state index is -0.501. The molecule has 3 aromatic rings. The second-order valence-electron chi connectivity index (χ2n) is 4.86. The van der Waals surface area contributed by atoms with Crippen molar-refractivity contribution in [1.82, 2.24) is 19.9 Å². The van der Waals surface area contributed by atoms with Crippen LogP contribution in [0.2, 0.25) is 0 Å². The summed E-state index contributed by atoms with van der Waals surface area (Å²) in [5.41, 5.74) is 0.661. The molecule has 0 aliphatic carbocycles. The number of fused-ring (bicyclic) bond motifs is 1. The molecule has 0 saturated carbocycles. The van der Waals surface area contributed by atoms with Crippen molar-refractivity contribution in [3.8, 4) is 5.75 Å². The van der Waals surface area contributed by atoms with Gasteiger partial charge in [-0.25, -0.2) is 0 Å². The largest absolute Gasteiger partial charge is 0.484 e. The lowest BCUT2D eigenvalue weighted by Gasteiger charge is -2.06. The number of hydrogen-bond acceptors (Lipinski definition) is 6. The van der Waals surface area contributed by atoms with Crippen LogP contribution in [0.5, 0.6) is 5.75 Å². The van der Waals surface area contributed by atoms with Crippen molar-refractivity contribution in [2.45, 2.75) is 6.54 Å². The lowest BCUT2D eigenvalue weighted by molar-refractivity contribution is -0.384. The third kappa shape index (κ3) is 3.46. The Morgan fingerprint density at radius 2 is 2.00 bits per heavy atom. The van der Waals surface area contributed by atoms with Crippen LogP contribution < -0.4 is 10.1 Å².